The van der Waals surface area contributed by atoms with Gasteiger partial charge in [0.15, 0.2) is 17.6 Å². The number of methoxy groups -OCH3 is 1. The van der Waals surface area contributed by atoms with E-state index in [9.17, 15) is 9.18 Å². The second kappa shape index (κ2) is 8.97. The molecule has 2 aromatic carbocycles. The van der Waals surface area contributed by atoms with Gasteiger partial charge in [0.25, 0.3) is 5.91 Å². The number of nitriles is 1. The molecule has 26 heavy (non-hydrogen) atoms. The van der Waals surface area contributed by atoms with Crippen molar-refractivity contribution in [2.24, 2.45) is 0 Å². The van der Waals surface area contributed by atoms with Crippen molar-refractivity contribution in [1.82, 2.24) is 0 Å². The van der Waals surface area contributed by atoms with Gasteiger partial charge in [-0.15, -0.1) is 0 Å². The van der Waals surface area contributed by atoms with Crippen LogP contribution in [0.3, 0.4) is 0 Å². The first-order valence-corrected chi connectivity index (χ1v) is 8.46. The molecule has 1 unspecified atom stereocenters. The van der Waals surface area contributed by atoms with Crippen LogP contribution in [0.15, 0.2) is 42.5 Å². The fourth-order valence-corrected chi connectivity index (χ4v) is 2.77. The summed E-state index contributed by atoms with van der Waals surface area (Å²) in [6, 6.07) is 13.3. The van der Waals surface area contributed by atoms with Gasteiger partial charge in [-0.2, -0.15) is 5.26 Å². The second-order valence-corrected chi connectivity index (χ2v) is 6.06. The first kappa shape index (κ1) is 19.4. The molecule has 1 amide bonds. The Morgan fingerprint density at radius 2 is 2.12 bits per heavy atom. The molecular formula is C20H23FN3O2+. The molecule has 0 bridgehead atoms. The van der Waals surface area contributed by atoms with Crippen LogP contribution in [0.5, 0.6) is 5.75 Å². The number of nitrogens with one attached hydrogen (secondary N) is 2. The van der Waals surface area contributed by atoms with Crippen LogP contribution in [0.2, 0.25) is 0 Å². The van der Waals surface area contributed by atoms with Crippen molar-refractivity contribution in [2.75, 3.05) is 19.0 Å². The number of carbonyl (C=O) groups is 1. The Hall–Kier alpha value is -2.91. The first-order chi connectivity index (χ1) is 12.5. The molecule has 0 aliphatic carbocycles. The largest absolute Gasteiger partial charge is 0.494 e. The van der Waals surface area contributed by atoms with Crippen LogP contribution in [0.1, 0.15) is 25.0 Å². The Kier molecular flexibility index (Phi) is 6.70. The van der Waals surface area contributed by atoms with E-state index >= 15 is 0 Å². The van der Waals surface area contributed by atoms with Crippen LogP contribution in [0.4, 0.5) is 10.1 Å². The maximum absolute atomic E-state index is 13.9. The van der Waals surface area contributed by atoms with Crippen LogP contribution in [0, 0.1) is 17.1 Å². The number of rotatable bonds is 7. The zero-order chi connectivity index (χ0) is 19.1. The molecule has 0 fully saturated rings. The molecule has 0 heterocycles. The lowest BCUT2D eigenvalue weighted by Crippen LogP contribution is -3.15. The van der Waals surface area contributed by atoms with Gasteiger partial charge >= 0.3 is 0 Å². The number of benzene rings is 2. The molecule has 0 radical (unpaired) electrons. The van der Waals surface area contributed by atoms with Crippen molar-refractivity contribution in [1.29, 1.82) is 5.26 Å². The van der Waals surface area contributed by atoms with E-state index in [4.69, 9.17) is 10.00 Å². The average Bonchev–Trinajstić information content (AvgIpc) is 2.65. The van der Waals surface area contributed by atoms with Crippen LogP contribution in [0.25, 0.3) is 0 Å². The van der Waals surface area contributed by atoms with Crippen LogP contribution < -0.4 is 15.0 Å². The normalized spacial score (nSPS) is 12.7. The Balaban J connectivity index is 2.07. The summed E-state index contributed by atoms with van der Waals surface area (Å²) in [5.74, 6) is -0.355. The van der Waals surface area contributed by atoms with E-state index < -0.39 is 5.82 Å². The molecule has 0 aliphatic heterocycles. The highest BCUT2D eigenvalue weighted by atomic mass is 19.1. The molecule has 0 aromatic heterocycles. The number of hydrogen-bond acceptors (Lipinski definition) is 3. The fourth-order valence-electron chi connectivity index (χ4n) is 2.77. The molecule has 2 rings (SSSR count). The molecule has 0 saturated heterocycles. The number of likely N-dealkylation sites (N-methyl/N-ethyl adjacent to an activating group) is 1. The van der Waals surface area contributed by atoms with Crippen molar-refractivity contribution >= 4 is 11.6 Å². The number of anilines is 1. The third-order valence-electron chi connectivity index (χ3n) is 4.37. The lowest BCUT2D eigenvalue weighted by Gasteiger charge is -2.24. The predicted octanol–water partition coefficient (Wildman–Crippen LogP) is 2.14. The van der Waals surface area contributed by atoms with Crippen molar-refractivity contribution < 1.29 is 18.8 Å². The summed E-state index contributed by atoms with van der Waals surface area (Å²) >= 11 is 0. The molecule has 2 N–H and O–H groups in total. The second-order valence-electron chi connectivity index (χ2n) is 6.06. The summed E-state index contributed by atoms with van der Waals surface area (Å²) in [7, 11) is 1.43. The quantitative estimate of drug-likeness (QED) is 0.799. The summed E-state index contributed by atoms with van der Waals surface area (Å²) < 4.78 is 18.8. The van der Waals surface area contributed by atoms with Gasteiger partial charge < -0.3 is 15.0 Å². The summed E-state index contributed by atoms with van der Waals surface area (Å²) in [5.41, 5.74) is 1.88. The fraction of sp³-hybridized carbons (Fsp3) is 0.300. The molecular weight excluding hydrogens is 333 g/mol. The number of halogens is 1. The number of hydrogen-bond donors (Lipinski definition) is 2. The van der Waals surface area contributed by atoms with E-state index in [-0.39, 0.29) is 17.7 Å². The maximum Gasteiger partial charge on any atom is 0.282 e. The van der Waals surface area contributed by atoms with E-state index in [1.165, 1.54) is 13.2 Å². The first-order valence-electron chi connectivity index (χ1n) is 8.46. The topological polar surface area (TPSA) is 66.6 Å². The smallest absolute Gasteiger partial charge is 0.282 e. The summed E-state index contributed by atoms with van der Waals surface area (Å²) in [6.45, 7) is 5.04. The highest BCUT2D eigenvalue weighted by molar-refractivity contribution is 5.93. The zero-order valence-electron chi connectivity index (χ0n) is 15.2. The number of nitrogens with zero attached hydrogens (tertiary/aromatic N) is 1. The molecule has 2 aromatic rings. The minimum absolute atomic E-state index is 0.147. The molecule has 0 aliphatic rings. The Bertz CT molecular complexity index is 817. The number of amides is 1. The lowest BCUT2D eigenvalue weighted by molar-refractivity contribution is -0.925. The van der Waals surface area contributed by atoms with Crippen molar-refractivity contribution in [3.8, 4) is 11.8 Å². The standard InChI is InChI=1S/C20H22FN3O2/c1-4-24(13-16-8-9-19(26-3)18(21)11-16)14(2)20(25)23-17-7-5-6-15(10-17)12-22/h5-11,14H,4,13H2,1-3H3,(H,23,25)/p+1/t14-/m1/s1. The van der Waals surface area contributed by atoms with Gasteiger partial charge in [0.2, 0.25) is 0 Å². The monoisotopic (exact) mass is 356 g/mol. The molecule has 2 atom stereocenters. The minimum Gasteiger partial charge on any atom is -0.494 e. The van der Waals surface area contributed by atoms with E-state index in [1.54, 1.807) is 36.4 Å². The van der Waals surface area contributed by atoms with Gasteiger partial charge in [-0.25, -0.2) is 4.39 Å². The summed E-state index contributed by atoms with van der Waals surface area (Å²) in [4.78, 5) is 13.6. The third kappa shape index (κ3) is 4.80. The predicted molar refractivity (Wildman–Crippen MR) is 97.4 cm³/mol. The van der Waals surface area contributed by atoms with Gasteiger partial charge in [0.05, 0.1) is 25.3 Å². The van der Waals surface area contributed by atoms with Gasteiger partial charge in [-0.1, -0.05) is 6.07 Å². The Morgan fingerprint density at radius 3 is 2.73 bits per heavy atom. The summed E-state index contributed by atoms with van der Waals surface area (Å²) in [6.07, 6.45) is 0. The van der Waals surface area contributed by atoms with Crippen LogP contribution >= 0.6 is 0 Å². The van der Waals surface area contributed by atoms with E-state index in [0.717, 1.165) is 10.5 Å². The van der Waals surface area contributed by atoms with Gasteiger partial charge in [0.1, 0.15) is 6.54 Å². The number of quaternary nitrogens is 1. The van der Waals surface area contributed by atoms with Gasteiger partial charge in [-0.3, -0.25) is 4.79 Å². The highest BCUT2D eigenvalue weighted by Crippen LogP contribution is 2.17. The Morgan fingerprint density at radius 1 is 1.35 bits per heavy atom. The molecule has 0 saturated carbocycles. The van der Waals surface area contributed by atoms with E-state index in [0.29, 0.717) is 24.3 Å². The SMILES string of the molecule is CC[NH+](Cc1ccc(OC)c(F)c1)[C@H](C)C(=O)Nc1cccc(C#N)c1. The van der Waals surface area contributed by atoms with E-state index in [2.05, 4.69) is 5.32 Å². The molecule has 6 heteroatoms. The highest BCUT2D eigenvalue weighted by Gasteiger charge is 2.24. The van der Waals surface area contributed by atoms with Crippen molar-refractivity contribution in [3.63, 3.8) is 0 Å². The maximum atomic E-state index is 13.9. The minimum atomic E-state index is -0.411. The van der Waals surface area contributed by atoms with Crippen molar-refractivity contribution in [2.45, 2.75) is 26.4 Å². The summed E-state index contributed by atoms with van der Waals surface area (Å²) in [5, 5.41) is 11.8. The third-order valence-corrected chi connectivity index (χ3v) is 4.37. The Labute approximate surface area is 153 Å². The van der Waals surface area contributed by atoms with Crippen LogP contribution in [-0.4, -0.2) is 25.6 Å². The van der Waals surface area contributed by atoms with E-state index in [1.807, 2.05) is 19.9 Å². The van der Waals surface area contributed by atoms with Gasteiger partial charge in [0, 0.05) is 11.3 Å². The molecule has 0 spiro atoms. The number of carbonyl (C=O) groups excluding carboxylic acids is 1. The zero-order valence-corrected chi connectivity index (χ0v) is 15.2. The van der Waals surface area contributed by atoms with Crippen LogP contribution in [-0.2, 0) is 11.3 Å². The van der Waals surface area contributed by atoms with Gasteiger partial charge in [-0.05, 0) is 50.2 Å². The van der Waals surface area contributed by atoms with Crippen molar-refractivity contribution in [3.05, 3.63) is 59.4 Å². The number of ether oxygens (including phenoxy) is 1. The molecule has 136 valence electrons. The molecule has 5 nitrogen and oxygen atoms in total. The average molecular weight is 356 g/mol. The lowest BCUT2D eigenvalue weighted by atomic mass is 10.1.